The number of aromatic hydroxyl groups is 1. The molecule has 2 aliphatic carbocycles. The van der Waals surface area contributed by atoms with E-state index in [4.69, 9.17) is 14.5 Å². The normalized spacial score (nSPS) is 28.4. The predicted molar refractivity (Wildman–Crippen MR) is 164 cm³/mol. The second-order valence-corrected chi connectivity index (χ2v) is 13.6. The maximum Gasteiger partial charge on any atom is 0.319 e. The van der Waals surface area contributed by atoms with Crippen molar-refractivity contribution >= 4 is 27.5 Å². The van der Waals surface area contributed by atoms with Gasteiger partial charge in [-0.15, -0.1) is 0 Å². The average Bonchev–Trinajstić information content (AvgIpc) is 3.96. The van der Waals surface area contributed by atoms with Crippen LogP contribution in [0.1, 0.15) is 19.3 Å². The van der Waals surface area contributed by atoms with Gasteiger partial charge in [-0.25, -0.2) is 8.78 Å². The highest BCUT2D eigenvalue weighted by Gasteiger charge is 2.72. The number of nitrogens with zero attached hydrogens (tertiary/aromatic N) is 4. The molecule has 4 unspecified atom stereocenters. The van der Waals surface area contributed by atoms with Crippen LogP contribution in [0, 0.1) is 23.0 Å². The molecule has 4 aromatic rings. The Morgan fingerprint density at radius 3 is 2.64 bits per heavy atom. The molecule has 234 valence electrons. The van der Waals surface area contributed by atoms with E-state index < -0.39 is 11.6 Å². The largest absolute Gasteiger partial charge is 0.508 e. The molecule has 2 saturated carbocycles. The molecular formula is C34H35F2N5O4. The lowest BCUT2D eigenvalue weighted by Crippen LogP contribution is -2.61. The zero-order valence-corrected chi connectivity index (χ0v) is 24.8. The molecule has 4 heterocycles. The fraction of sp³-hybridized carbons (Fsp3) is 0.471. The summed E-state index contributed by atoms with van der Waals surface area (Å²) in [6.45, 7) is 5.71. The molecule has 3 saturated heterocycles. The lowest BCUT2D eigenvalue weighted by molar-refractivity contribution is -0.0126. The lowest BCUT2D eigenvalue weighted by Gasteiger charge is -2.48. The number of aliphatic hydroxyl groups is 1. The summed E-state index contributed by atoms with van der Waals surface area (Å²) < 4.78 is 44.6. The van der Waals surface area contributed by atoms with E-state index in [0.717, 1.165) is 45.7 Å². The van der Waals surface area contributed by atoms with Crippen molar-refractivity contribution in [3.63, 3.8) is 0 Å². The van der Waals surface area contributed by atoms with Crippen LogP contribution in [0.3, 0.4) is 0 Å². The van der Waals surface area contributed by atoms with E-state index in [2.05, 4.69) is 20.1 Å². The Hall–Kier alpha value is -3.64. The Kier molecular flexibility index (Phi) is 6.10. The monoisotopic (exact) mass is 615 g/mol. The third-order valence-corrected chi connectivity index (χ3v) is 10.9. The first kappa shape index (κ1) is 27.7. The van der Waals surface area contributed by atoms with E-state index in [1.165, 1.54) is 12.1 Å². The first-order valence-electron chi connectivity index (χ1n) is 15.9. The molecular weight excluding hydrogens is 580 g/mol. The Morgan fingerprint density at radius 1 is 1.04 bits per heavy atom. The Balaban J connectivity index is 1.13. The molecule has 0 amide bonds. The summed E-state index contributed by atoms with van der Waals surface area (Å²) in [6, 6.07) is 11.6. The molecule has 4 atom stereocenters. The van der Waals surface area contributed by atoms with Crippen LogP contribution in [0.25, 0.3) is 32.8 Å². The van der Waals surface area contributed by atoms with Crippen molar-refractivity contribution in [3.05, 3.63) is 54.1 Å². The van der Waals surface area contributed by atoms with Crippen LogP contribution in [0.5, 0.6) is 11.8 Å². The smallest absolute Gasteiger partial charge is 0.319 e. The number of phenolic OH excluding ortho intramolecular Hbond substituents is 1. The topological polar surface area (TPSA) is 113 Å². The number of halogens is 2. The number of benzene rings is 3. The van der Waals surface area contributed by atoms with Crippen LogP contribution in [-0.4, -0.2) is 95.3 Å². The van der Waals surface area contributed by atoms with Gasteiger partial charge in [0.2, 0.25) is 0 Å². The number of morpholine rings is 1. The second kappa shape index (κ2) is 9.93. The maximum atomic E-state index is 16.7. The molecule has 11 heteroatoms. The minimum Gasteiger partial charge on any atom is -0.508 e. The summed E-state index contributed by atoms with van der Waals surface area (Å²) in [5, 5.41) is 25.9. The minimum absolute atomic E-state index is 0.00642. The van der Waals surface area contributed by atoms with Crippen molar-refractivity contribution in [2.45, 2.75) is 36.9 Å². The lowest BCUT2D eigenvalue weighted by atomic mass is 9.66. The third kappa shape index (κ3) is 4.39. The molecule has 1 aromatic heterocycles. The van der Waals surface area contributed by atoms with Crippen molar-refractivity contribution in [2.24, 2.45) is 11.3 Å². The van der Waals surface area contributed by atoms with Crippen LogP contribution in [0.15, 0.2) is 42.5 Å². The standard InChI is InChI=1S/C34H35F2N5O4/c35-25-14-24-30(29(36)28(25)23-13-21(42)11-19-3-1-2-4-22(19)23)37-32(45-18-33(5-6-33)17-40-7-9-44-10-8-40)38-31(24)41-15-20-12-27(43)34(20)26(16-41)39-34/h1-4,11,13-14,20,26-27,39,42-43H,5-10,12,15-18H2. The number of phenols is 1. The van der Waals surface area contributed by atoms with Gasteiger partial charge in [0.25, 0.3) is 0 Å². The molecule has 3 aromatic carbocycles. The molecule has 45 heavy (non-hydrogen) atoms. The maximum absolute atomic E-state index is 16.7. The molecule has 9 rings (SSSR count). The molecule has 9 nitrogen and oxygen atoms in total. The molecule has 0 radical (unpaired) electrons. The van der Waals surface area contributed by atoms with Gasteiger partial charge in [0.1, 0.15) is 22.9 Å². The predicted octanol–water partition coefficient (Wildman–Crippen LogP) is 3.84. The average molecular weight is 616 g/mol. The molecule has 1 spiro atoms. The quantitative estimate of drug-likeness (QED) is 0.267. The van der Waals surface area contributed by atoms with Crippen molar-refractivity contribution in [1.29, 1.82) is 0 Å². The van der Waals surface area contributed by atoms with E-state index in [-0.39, 0.29) is 62.8 Å². The molecule has 5 aliphatic rings. The van der Waals surface area contributed by atoms with Gasteiger partial charge < -0.3 is 29.9 Å². The fourth-order valence-corrected chi connectivity index (χ4v) is 8.11. The number of hydrogen-bond acceptors (Lipinski definition) is 9. The van der Waals surface area contributed by atoms with Gasteiger partial charge in [-0.3, -0.25) is 4.90 Å². The van der Waals surface area contributed by atoms with Gasteiger partial charge in [0, 0.05) is 55.5 Å². The van der Waals surface area contributed by atoms with Gasteiger partial charge in [-0.2, -0.15) is 9.97 Å². The highest BCUT2D eigenvalue weighted by molar-refractivity contribution is 6.01. The Labute approximate surface area is 258 Å². The van der Waals surface area contributed by atoms with Crippen molar-refractivity contribution < 1.29 is 28.5 Å². The molecule has 3 N–H and O–H groups in total. The molecule has 0 bridgehead atoms. The first-order chi connectivity index (χ1) is 21.8. The number of anilines is 1. The number of aliphatic hydroxyl groups excluding tert-OH is 1. The number of ether oxygens (including phenoxy) is 2. The molecule has 5 fully saturated rings. The number of piperidine rings is 1. The number of hydrogen-bond donors (Lipinski definition) is 3. The number of aromatic nitrogens is 2. The second-order valence-electron chi connectivity index (χ2n) is 13.6. The van der Waals surface area contributed by atoms with Crippen LogP contribution >= 0.6 is 0 Å². The summed E-state index contributed by atoms with van der Waals surface area (Å²) in [4.78, 5) is 13.8. The third-order valence-electron chi connectivity index (χ3n) is 10.9. The van der Waals surface area contributed by atoms with Gasteiger partial charge in [-0.1, -0.05) is 24.3 Å². The highest BCUT2D eigenvalue weighted by Crippen LogP contribution is 2.54. The van der Waals surface area contributed by atoms with Crippen molar-refractivity contribution in [3.8, 4) is 22.9 Å². The highest BCUT2D eigenvalue weighted by atomic mass is 19.1. The summed E-state index contributed by atoms with van der Waals surface area (Å²) in [5.74, 6) is -1.01. The number of rotatable bonds is 7. The summed E-state index contributed by atoms with van der Waals surface area (Å²) in [6.07, 6.45) is 2.37. The zero-order chi connectivity index (χ0) is 30.5. The summed E-state index contributed by atoms with van der Waals surface area (Å²) in [5.41, 5.74) is -0.267. The minimum atomic E-state index is -0.821. The summed E-state index contributed by atoms with van der Waals surface area (Å²) >= 11 is 0. The van der Waals surface area contributed by atoms with Crippen LogP contribution < -0.4 is 15.0 Å². The first-order valence-corrected chi connectivity index (χ1v) is 15.9. The number of fused-ring (bicyclic) bond motifs is 2. The van der Waals surface area contributed by atoms with E-state index in [0.29, 0.717) is 42.7 Å². The van der Waals surface area contributed by atoms with Gasteiger partial charge in [-0.05, 0) is 53.8 Å². The summed E-state index contributed by atoms with van der Waals surface area (Å²) in [7, 11) is 0. The van der Waals surface area contributed by atoms with E-state index in [1.807, 2.05) is 6.07 Å². The van der Waals surface area contributed by atoms with Crippen LogP contribution in [0.4, 0.5) is 14.6 Å². The Bertz CT molecular complexity index is 1850. The van der Waals surface area contributed by atoms with Gasteiger partial charge in [0.05, 0.1) is 37.0 Å². The van der Waals surface area contributed by atoms with E-state index in [9.17, 15) is 10.2 Å². The SMILES string of the molecule is Oc1cc(-c2c(F)cc3c(N4CC5CC(O)C56NC6C4)nc(OCC4(CN5CCOCC5)CC4)nc3c2F)c2ccccc2c1. The van der Waals surface area contributed by atoms with E-state index in [1.54, 1.807) is 24.3 Å². The van der Waals surface area contributed by atoms with Crippen molar-refractivity contribution in [2.75, 3.05) is 57.4 Å². The Morgan fingerprint density at radius 2 is 1.87 bits per heavy atom. The fourth-order valence-electron chi connectivity index (χ4n) is 8.11. The number of nitrogens with one attached hydrogen (secondary N) is 1. The van der Waals surface area contributed by atoms with E-state index >= 15 is 8.78 Å². The van der Waals surface area contributed by atoms with Gasteiger partial charge >= 0.3 is 6.01 Å². The van der Waals surface area contributed by atoms with Crippen LogP contribution in [0.2, 0.25) is 0 Å². The van der Waals surface area contributed by atoms with Crippen molar-refractivity contribution in [1.82, 2.24) is 20.2 Å². The zero-order valence-electron chi connectivity index (χ0n) is 24.8. The molecule has 3 aliphatic heterocycles. The van der Waals surface area contributed by atoms with Crippen LogP contribution in [-0.2, 0) is 4.74 Å². The van der Waals surface area contributed by atoms with Gasteiger partial charge in [0.15, 0.2) is 5.82 Å².